The van der Waals surface area contributed by atoms with Gasteiger partial charge in [0.25, 0.3) is 0 Å². The Labute approximate surface area is 127 Å². The molecule has 0 unspecified atom stereocenters. The molecule has 1 fully saturated rings. The number of nitrogens with two attached hydrogens (primary N) is 1. The lowest BCUT2D eigenvalue weighted by Gasteiger charge is -2.20. The maximum absolute atomic E-state index is 5.94. The van der Waals surface area contributed by atoms with E-state index in [9.17, 15) is 0 Å². The number of ether oxygens (including phenoxy) is 1. The summed E-state index contributed by atoms with van der Waals surface area (Å²) in [5.41, 5.74) is 7.57. The fourth-order valence-corrected chi connectivity index (χ4v) is 2.85. The van der Waals surface area contributed by atoms with E-state index in [0.717, 1.165) is 25.3 Å². The molecule has 0 aromatic heterocycles. The van der Waals surface area contributed by atoms with E-state index in [-0.39, 0.29) is 0 Å². The van der Waals surface area contributed by atoms with Gasteiger partial charge in [-0.2, -0.15) is 0 Å². The van der Waals surface area contributed by atoms with Crippen LogP contribution in [0.3, 0.4) is 0 Å². The van der Waals surface area contributed by atoms with Gasteiger partial charge in [-0.25, -0.2) is 0 Å². The molecule has 4 nitrogen and oxygen atoms in total. The zero-order chi connectivity index (χ0) is 15.1. The van der Waals surface area contributed by atoms with Crippen LogP contribution in [0.2, 0.25) is 0 Å². The van der Waals surface area contributed by atoms with E-state index in [1.807, 2.05) is 12.1 Å². The molecule has 3 N–H and O–H groups in total. The second kappa shape index (κ2) is 7.34. The molecule has 0 saturated heterocycles. The van der Waals surface area contributed by atoms with Crippen LogP contribution in [0.1, 0.15) is 38.2 Å². The Hall–Kier alpha value is -1.71. The van der Waals surface area contributed by atoms with Gasteiger partial charge in [-0.05, 0) is 42.4 Å². The van der Waals surface area contributed by atoms with E-state index in [1.165, 1.54) is 31.2 Å². The minimum Gasteiger partial charge on any atom is -0.497 e. The highest BCUT2D eigenvalue weighted by atomic mass is 16.5. The van der Waals surface area contributed by atoms with Gasteiger partial charge in [-0.15, -0.1) is 0 Å². The SMILES string of the molecule is COc1ccc(CCNC(N)=NCC2(C)CCCC2)cc1. The first-order valence-corrected chi connectivity index (χ1v) is 7.78. The van der Waals surface area contributed by atoms with Crippen LogP contribution in [0.25, 0.3) is 0 Å². The molecule has 0 amide bonds. The highest BCUT2D eigenvalue weighted by Gasteiger charge is 2.28. The van der Waals surface area contributed by atoms with Gasteiger partial charge in [0.2, 0.25) is 0 Å². The summed E-state index contributed by atoms with van der Waals surface area (Å²) in [4.78, 5) is 4.50. The van der Waals surface area contributed by atoms with Crippen molar-refractivity contribution in [2.45, 2.75) is 39.0 Å². The van der Waals surface area contributed by atoms with Crippen molar-refractivity contribution < 1.29 is 4.74 Å². The van der Waals surface area contributed by atoms with Crippen molar-refractivity contribution in [2.24, 2.45) is 16.1 Å². The van der Waals surface area contributed by atoms with Crippen LogP contribution < -0.4 is 15.8 Å². The number of rotatable bonds is 6. The van der Waals surface area contributed by atoms with Gasteiger partial charge >= 0.3 is 0 Å². The lowest BCUT2D eigenvalue weighted by atomic mass is 9.89. The van der Waals surface area contributed by atoms with E-state index in [2.05, 4.69) is 29.4 Å². The molecule has 1 aliphatic rings. The number of hydrogen-bond acceptors (Lipinski definition) is 2. The molecular formula is C17H27N3O. The summed E-state index contributed by atoms with van der Waals surface area (Å²) in [5, 5.41) is 3.20. The molecular weight excluding hydrogens is 262 g/mol. The van der Waals surface area contributed by atoms with Crippen molar-refractivity contribution in [1.29, 1.82) is 0 Å². The first-order valence-electron chi connectivity index (χ1n) is 7.78. The Morgan fingerprint density at radius 3 is 2.57 bits per heavy atom. The summed E-state index contributed by atoms with van der Waals surface area (Å²) < 4.78 is 5.15. The molecule has 0 heterocycles. The van der Waals surface area contributed by atoms with E-state index in [4.69, 9.17) is 10.5 Å². The quantitative estimate of drug-likeness (QED) is 0.625. The Morgan fingerprint density at radius 1 is 1.29 bits per heavy atom. The van der Waals surface area contributed by atoms with Gasteiger partial charge in [0.05, 0.1) is 7.11 Å². The Bertz CT molecular complexity index is 461. The number of methoxy groups -OCH3 is 1. The minimum atomic E-state index is 0.363. The van der Waals surface area contributed by atoms with Gasteiger partial charge in [0, 0.05) is 13.1 Å². The average molecular weight is 289 g/mol. The maximum atomic E-state index is 5.94. The molecule has 0 atom stereocenters. The summed E-state index contributed by atoms with van der Waals surface area (Å²) in [5.74, 6) is 1.45. The van der Waals surface area contributed by atoms with Gasteiger partial charge in [-0.3, -0.25) is 4.99 Å². The lowest BCUT2D eigenvalue weighted by molar-refractivity contribution is 0.351. The molecule has 0 spiro atoms. The average Bonchev–Trinajstić information content (AvgIpc) is 2.93. The Kier molecular flexibility index (Phi) is 5.48. The van der Waals surface area contributed by atoms with Crippen LogP contribution in [0.15, 0.2) is 29.3 Å². The molecule has 4 heteroatoms. The van der Waals surface area contributed by atoms with Crippen LogP contribution in [-0.2, 0) is 6.42 Å². The molecule has 0 radical (unpaired) electrons. The zero-order valence-electron chi connectivity index (χ0n) is 13.2. The molecule has 1 aromatic rings. The summed E-state index contributed by atoms with van der Waals surface area (Å²) in [7, 11) is 1.68. The maximum Gasteiger partial charge on any atom is 0.188 e. The summed E-state index contributed by atoms with van der Waals surface area (Å²) in [6.45, 7) is 3.96. The van der Waals surface area contributed by atoms with Crippen molar-refractivity contribution >= 4 is 5.96 Å². The topological polar surface area (TPSA) is 59.6 Å². The zero-order valence-corrected chi connectivity index (χ0v) is 13.2. The van der Waals surface area contributed by atoms with Crippen LogP contribution >= 0.6 is 0 Å². The number of hydrogen-bond donors (Lipinski definition) is 2. The standard InChI is InChI=1S/C17H27N3O/c1-17(10-3-4-11-17)13-20-16(18)19-12-9-14-5-7-15(21-2)8-6-14/h5-8H,3-4,9-13H2,1-2H3,(H3,18,19,20). The molecule has 1 saturated carbocycles. The van der Waals surface area contributed by atoms with Gasteiger partial charge in [0.15, 0.2) is 5.96 Å². The summed E-state index contributed by atoms with van der Waals surface area (Å²) in [6, 6.07) is 8.11. The smallest absolute Gasteiger partial charge is 0.188 e. The molecule has 0 aliphatic heterocycles. The highest BCUT2D eigenvalue weighted by Crippen LogP contribution is 2.37. The molecule has 0 bridgehead atoms. The summed E-state index contributed by atoms with van der Waals surface area (Å²) >= 11 is 0. The van der Waals surface area contributed by atoms with Crippen molar-refractivity contribution in [3.05, 3.63) is 29.8 Å². The monoisotopic (exact) mass is 289 g/mol. The fraction of sp³-hybridized carbons (Fsp3) is 0.588. The van der Waals surface area contributed by atoms with E-state index in [1.54, 1.807) is 7.11 Å². The van der Waals surface area contributed by atoms with Crippen molar-refractivity contribution in [3.63, 3.8) is 0 Å². The first kappa shape index (κ1) is 15.7. The van der Waals surface area contributed by atoms with Crippen molar-refractivity contribution in [1.82, 2.24) is 5.32 Å². The molecule has 1 aliphatic carbocycles. The molecule has 116 valence electrons. The van der Waals surface area contributed by atoms with Crippen molar-refractivity contribution in [3.8, 4) is 5.75 Å². The number of guanidine groups is 1. The largest absolute Gasteiger partial charge is 0.497 e. The second-order valence-corrected chi connectivity index (χ2v) is 6.24. The minimum absolute atomic E-state index is 0.363. The number of aliphatic imine (C=N–C) groups is 1. The lowest BCUT2D eigenvalue weighted by Crippen LogP contribution is -2.34. The fourth-order valence-electron chi connectivity index (χ4n) is 2.85. The van der Waals surface area contributed by atoms with Crippen LogP contribution in [-0.4, -0.2) is 26.2 Å². The van der Waals surface area contributed by atoms with Gasteiger partial charge in [-0.1, -0.05) is 31.9 Å². The highest BCUT2D eigenvalue weighted by molar-refractivity contribution is 5.77. The third kappa shape index (κ3) is 4.96. The predicted octanol–water partition coefficient (Wildman–Crippen LogP) is 2.72. The second-order valence-electron chi connectivity index (χ2n) is 6.24. The third-order valence-corrected chi connectivity index (χ3v) is 4.32. The van der Waals surface area contributed by atoms with E-state index >= 15 is 0 Å². The molecule has 1 aromatic carbocycles. The third-order valence-electron chi connectivity index (χ3n) is 4.32. The first-order chi connectivity index (χ1) is 10.1. The Balaban J connectivity index is 1.71. The molecule has 2 rings (SSSR count). The number of nitrogens with one attached hydrogen (secondary N) is 1. The molecule has 21 heavy (non-hydrogen) atoms. The number of nitrogens with zero attached hydrogens (tertiary/aromatic N) is 1. The van der Waals surface area contributed by atoms with Gasteiger partial charge < -0.3 is 15.8 Å². The van der Waals surface area contributed by atoms with Crippen LogP contribution in [0, 0.1) is 5.41 Å². The summed E-state index contributed by atoms with van der Waals surface area (Å²) in [6.07, 6.45) is 6.14. The van der Waals surface area contributed by atoms with E-state index < -0.39 is 0 Å². The number of benzene rings is 1. The normalized spacial score (nSPS) is 17.7. The van der Waals surface area contributed by atoms with Crippen LogP contribution in [0.5, 0.6) is 5.75 Å². The van der Waals surface area contributed by atoms with E-state index in [0.29, 0.717) is 11.4 Å². The predicted molar refractivity (Wildman–Crippen MR) is 87.8 cm³/mol. The van der Waals surface area contributed by atoms with Gasteiger partial charge in [0.1, 0.15) is 5.75 Å². The van der Waals surface area contributed by atoms with Crippen molar-refractivity contribution in [2.75, 3.05) is 20.2 Å². The van der Waals surface area contributed by atoms with Crippen LogP contribution in [0.4, 0.5) is 0 Å². The Morgan fingerprint density at radius 2 is 1.95 bits per heavy atom.